The van der Waals surface area contributed by atoms with Crippen LogP contribution in [0.25, 0.3) is 0 Å². The molecule has 98 heavy (non-hydrogen) atoms. The first kappa shape index (κ1) is 83.4. The van der Waals surface area contributed by atoms with Crippen molar-refractivity contribution < 1.29 is 114 Å². The number of carboxylic acid groups (broad SMARTS) is 3. The number of nitrogens with zero attached hydrogens (tertiary/aromatic N) is 2. The predicted molar refractivity (Wildman–Crippen MR) is 353 cm³/mol. The summed E-state index contributed by atoms with van der Waals surface area (Å²) in [7, 11) is -14.1. The standard InChI is InChI=1S/C64H84N6O15S.3O3S/c1-6-7-37-69-52-25-14-13-23-48(52)63(2,3)54(69)32-27-44-19-18-20-45(59(44)85-46-21-10-8-11-22-46)28-33-55-64(4,5)49-42-47(86(80,81)82)29-31-53(49)70(55)38-17-9-12-26-56(71)66-36-39-83-40-41-84-43-57(72)65-35-16-15-24-50(60(75)76)67-62(79)68-51(61(77)78)30-34-58(73)74;3*1-4(2)3/h8,10-11,13-14,21-23,25,27-29,31-33,42,50-51H,6-7,9,12,15-20,24,26,30,34-41,43H2,1-5H3,(H7-,65,66,67,68,71,72,73,74,75,76,77,78,79,80,81,82);;;. The zero-order valence-electron chi connectivity index (χ0n) is 54.9. The molecule has 0 aromatic heterocycles. The number of rotatable bonds is 35. The fourth-order valence-corrected chi connectivity index (χ4v) is 11.4. The largest absolute Gasteiger partial charge is 0.744 e. The monoisotopic (exact) mass is 1450 g/mol. The van der Waals surface area contributed by atoms with Crippen LogP contribution in [0.3, 0.4) is 0 Å². The number of urea groups is 1. The van der Waals surface area contributed by atoms with Crippen LogP contribution in [-0.4, -0.2) is 177 Å². The minimum atomic E-state index is -4.72. The van der Waals surface area contributed by atoms with Crippen molar-refractivity contribution in [3.63, 3.8) is 0 Å². The third-order valence-corrected chi connectivity index (χ3v) is 16.4. The maximum absolute atomic E-state index is 12.8. The van der Waals surface area contributed by atoms with Crippen LogP contribution in [-0.2, 0) is 86.2 Å². The molecular weight excluding hydrogens is 1360 g/mol. The summed E-state index contributed by atoms with van der Waals surface area (Å²) in [6, 6.07) is 19.1. The normalized spacial score (nSPS) is 15.6. The summed E-state index contributed by atoms with van der Waals surface area (Å²) in [6.07, 6.45) is 15.6. The minimum absolute atomic E-state index is 0.0141. The Morgan fingerprint density at radius 1 is 0.663 bits per heavy atom. The number of carboxylic acids is 3. The summed E-state index contributed by atoms with van der Waals surface area (Å²) in [4.78, 5) is 72.9. The molecule has 30 nitrogen and oxygen atoms in total. The number of allylic oxidation sites excluding steroid dienone is 7. The molecule has 3 aromatic carbocycles. The molecule has 0 radical (unpaired) electrons. The van der Waals surface area contributed by atoms with Gasteiger partial charge in [0.05, 0.1) is 30.1 Å². The molecule has 3 aliphatic rings. The number of ether oxygens (including phenoxy) is 3. The second-order valence-electron chi connectivity index (χ2n) is 23.3. The summed E-state index contributed by atoms with van der Waals surface area (Å²) in [5.74, 6) is -3.05. The molecule has 0 fully saturated rings. The number of unbranched alkanes of at least 4 members (excludes halogenated alkanes) is 4. The zero-order valence-corrected chi connectivity index (χ0v) is 58.2. The van der Waals surface area contributed by atoms with Crippen LogP contribution in [0.4, 0.5) is 16.2 Å². The van der Waals surface area contributed by atoms with Crippen LogP contribution >= 0.6 is 0 Å². The SMILES string of the molecule is CCCC[N+]1=C(C=CC2=C(Oc3ccccc3)C(=CC=C3N(CCCCCC(=O)NCCOCCOCC(=O)NCCCCC(NC(=O)NC(CCC(=O)O)C(=O)O)C(=O)O)c4ccc(S(=O)(=O)[O-])cc4C3(C)C)CCC2)C(C)(C)c2ccccc21.O=S(=O)=O.O=S(=O)=O.O=S(=O)=O. The van der Waals surface area contributed by atoms with Crippen LogP contribution in [0.1, 0.15) is 136 Å². The van der Waals surface area contributed by atoms with Gasteiger partial charge in [0.25, 0.3) is 0 Å². The molecule has 538 valence electrons. The fourth-order valence-electron chi connectivity index (χ4n) is 10.9. The molecule has 0 saturated carbocycles. The average molecular weight is 1450 g/mol. The second-order valence-corrected chi connectivity index (χ2v) is 25.9. The van der Waals surface area contributed by atoms with Gasteiger partial charge in [0.15, 0.2) is 5.71 Å². The molecule has 6 rings (SSSR count). The van der Waals surface area contributed by atoms with E-state index in [2.05, 4.69) is 100 Å². The smallest absolute Gasteiger partial charge is 0.425 e. The first-order valence-electron chi connectivity index (χ1n) is 31.1. The van der Waals surface area contributed by atoms with E-state index in [-0.39, 0.29) is 68.6 Å². The van der Waals surface area contributed by atoms with E-state index in [1.807, 2.05) is 44.2 Å². The number of carbonyl (C=O) groups is 6. The Morgan fingerprint density at radius 2 is 1.28 bits per heavy atom. The number of nitrogens with one attached hydrogen (secondary N) is 4. The topological polar surface area (TPSA) is 456 Å². The summed E-state index contributed by atoms with van der Waals surface area (Å²) in [5, 5.41) is 37.3. The maximum atomic E-state index is 12.8. The van der Waals surface area contributed by atoms with Crippen LogP contribution < -0.4 is 30.9 Å². The van der Waals surface area contributed by atoms with Gasteiger partial charge in [-0.25, -0.2) is 22.8 Å². The number of para-hydroxylation sites is 2. The Hall–Kier alpha value is -8.80. The quantitative estimate of drug-likeness (QED) is 0.0217. The highest BCUT2D eigenvalue weighted by Gasteiger charge is 2.44. The third kappa shape index (κ3) is 29.1. The van der Waals surface area contributed by atoms with E-state index in [4.69, 9.17) is 57.2 Å². The number of aliphatic carboxylic acids is 3. The Morgan fingerprint density at radius 3 is 1.90 bits per heavy atom. The van der Waals surface area contributed by atoms with Gasteiger partial charge in [-0.1, -0.05) is 76.1 Å². The summed E-state index contributed by atoms with van der Waals surface area (Å²) in [6.45, 7) is 13.1. The highest BCUT2D eigenvalue weighted by molar-refractivity contribution is 7.85. The van der Waals surface area contributed by atoms with Crippen molar-refractivity contribution in [3.05, 3.63) is 131 Å². The molecule has 0 spiro atoms. The lowest BCUT2D eigenvalue weighted by Gasteiger charge is -2.27. The fraction of sp³-hybridized carbons (Fsp3) is 0.484. The number of fused-ring (bicyclic) bond motifs is 2. The highest BCUT2D eigenvalue weighted by atomic mass is 32.2. The third-order valence-electron chi connectivity index (χ3n) is 15.6. The van der Waals surface area contributed by atoms with Gasteiger partial charge in [-0.15, -0.1) is 37.9 Å². The van der Waals surface area contributed by atoms with Gasteiger partial charge in [-0.3, -0.25) is 14.4 Å². The molecule has 34 heteroatoms. The van der Waals surface area contributed by atoms with Gasteiger partial charge in [0.1, 0.15) is 46.9 Å². The number of amides is 4. The van der Waals surface area contributed by atoms with Crippen LogP contribution in [0.5, 0.6) is 5.75 Å². The number of hydrogen-bond donors (Lipinski definition) is 7. The molecule has 2 aliphatic heterocycles. The molecule has 4 amide bonds. The Balaban J connectivity index is 0.00000192. The van der Waals surface area contributed by atoms with Crippen LogP contribution in [0.15, 0.2) is 125 Å². The molecule has 2 atom stereocenters. The van der Waals surface area contributed by atoms with E-state index < -0.39 is 95.7 Å². The summed E-state index contributed by atoms with van der Waals surface area (Å²) >= 11 is 0. The average Bonchev–Trinajstić information content (AvgIpc) is 1.60. The second kappa shape index (κ2) is 42.1. The Kier molecular flexibility index (Phi) is 35.8. The highest BCUT2D eigenvalue weighted by Crippen LogP contribution is 2.49. The first-order chi connectivity index (χ1) is 46.2. The van der Waals surface area contributed by atoms with Gasteiger partial charge in [-0.05, 0) is 131 Å². The number of benzene rings is 3. The Bertz CT molecular complexity index is 3830. The van der Waals surface area contributed by atoms with Crippen LogP contribution in [0.2, 0.25) is 0 Å². The van der Waals surface area contributed by atoms with Crippen molar-refractivity contribution in [2.24, 2.45) is 0 Å². The van der Waals surface area contributed by atoms with E-state index in [9.17, 15) is 52.0 Å². The van der Waals surface area contributed by atoms with E-state index in [1.54, 1.807) is 6.07 Å². The first-order valence-corrected chi connectivity index (χ1v) is 35.5. The van der Waals surface area contributed by atoms with Crippen molar-refractivity contribution in [3.8, 4) is 5.75 Å². The van der Waals surface area contributed by atoms with Gasteiger partial charge in [0, 0.05) is 73.4 Å². The van der Waals surface area contributed by atoms with E-state index in [1.165, 1.54) is 29.1 Å². The molecule has 2 heterocycles. The molecule has 1 aliphatic carbocycles. The lowest BCUT2D eigenvalue weighted by Crippen LogP contribution is -2.51. The van der Waals surface area contributed by atoms with Crippen molar-refractivity contribution in [1.82, 2.24) is 21.3 Å². The maximum Gasteiger partial charge on any atom is 0.425 e. The zero-order chi connectivity index (χ0) is 73.2. The number of hydrogen-bond acceptors (Lipinski definition) is 22. The molecular formula is C64H84N6O24S4. The van der Waals surface area contributed by atoms with Gasteiger partial charge < -0.3 is 60.2 Å². The molecule has 7 N–H and O–H groups in total. The van der Waals surface area contributed by atoms with E-state index in [0.717, 1.165) is 91.1 Å². The van der Waals surface area contributed by atoms with Crippen molar-refractivity contribution in [2.75, 3.05) is 57.5 Å². The summed E-state index contributed by atoms with van der Waals surface area (Å²) < 4.78 is 133. The van der Waals surface area contributed by atoms with Gasteiger partial charge in [-0.2, -0.15) is 4.58 Å². The molecule has 3 aromatic rings. The predicted octanol–water partition coefficient (Wildman–Crippen LogP) is 5.50. The minimum Gasteiger partial charge on any atom is -0.744 e. The molecule has 0 bridgehead atoms. The van der Waals surface area contributed by atoms with Crippen LogP contribution in [0, 0.1) is 0 Å². The van der Waals surface area contributed by atoms with Gasteiger partial charge >= 0.3 is 55.8 Å². The van der Waals surface area contributed by atoms with Crippen molar-refractivity contribution >= 4 is 94.8 Å². The summed E-state index contributed by atoms with van der Waals surface area (Å²) in [5.41, 5.74) is 7.53. The van der Waals surface area contributed by atoms with Crippen molar-refractivity contribution in [1.29, 1.82) is 0 Å². The molecule has 0 saturated heterocycles. The number of anilines is 1. The lowest BCUT2D eigenvalue weighted by molar-refractivity contribution is -0.438. The van der Waals surface area contributed by atoms with Gasteiger partial charge in [0.2, 0.25) is 17.5 Å². The number of carbonyl (C=O) groups excluding carboxylic acids is 3. The van der Waals surface area contributed by atoms with E-state index >= 15 is 0 Å². The Labute approximate surface area is 573 Å². The van der Waals surface area contributed by atoms with E-state index in [0.29, 0.717) is 32.2 Å². The van der Waals surface area contributed by atoms with Crippen molar-refractivity contribution in [2.45, 2.75) is 152 Å². The lowest BCUT2D eigenvalue weighted by atomic mass is 9.81. The molecule has 2 unspecified atom stereocenters.